The van der Waals surface area contributed by atoms with Gasteiger partial charge >= 0.3 is 0 Å². The molecule has 1 aromatic carbocycles. The van der Waals surface area contributed by atoms with Gasteiger partial charge in [-0.1, -0.05) is 37.3 Å². The van der Waals surface area contributed by atoms with Crippen LogP contribution in [0.3, 0.4) is 0 Å². The number of methoxy groups -OCH3 is 1. The molecule has 0 aliphatic carbocycles. The van der Waals surface area contributed by atoms with Crippen molar-refractivity contribution in [3.63, 3.8) is 0 Å². The third kappa shape index (κ3) is 7.29. The second kappa shape index (κ2) is 12.2. The molecule has 2 aromatic rings. The molecule has 1 heterocycles. The third-order valence-electron chi connectivity index (χ3n) is 3.72. The summed E-state index contributed by atoms with van der Waals surface area (Å²) >= 11 is 1.78. The standard InChI is InChI=1S/C18H26N4OS.HI/c1-4-15-12-21-17(24-15)10-11-20-18(19-2)22-13-16(23-3)14-8-6-5-7-9-14;/h5-9,12,16H,4,10-11,13H2,1-3H3,(H2,19,20,22);1H. The molecule has 2 N–H and O–H groups in total. The minimum Gasteiger partial charge on any atom is -0.375 e. The molecule has 0 saturated heterocycles. The highest BCUT2D eigenvalue weighted by Gasteiger charge is 2.10. The molecule has 1 aromatic heterocycles. The van der Waals surface area contributed by atoms with Gasteiger partial charge in [-0.2, -0.15) is 0 Å². The van der Waals surface area contributed by atoms with Crippen LogP contribution in [-0.2, 0) is 17.6 Å². The van der Waals surface area contributed by atoms with Crippen LogP contribution in [0.25, 0.3) is 0 Å². The fourth-order valence-electron chi connectivity index (χ4n) is 2.33. The molecule has 1 unspecified atom stereocenters. The zero-order valence-corrected chi connectivity index (χ0v) is 18.1. The van der Waals surface area contributed by atoms with E-state index in [2.05, 4.69) is 39.7 Å². The van der Waals surface area contributed by atoms with Crippen molar-refractivity contribution in [2.24, 2.45) is 4.99 Å². The molecular formula is C18H27IN4OS. The molecule has 0 bridgehead atoms. The second-order valence-corrected chi connectivity index (χ2v) is 6.54. The van der Waals surface area contributed by atoms with Crippen LogP contribution in [-0.4, -0.2) is 38.2 Å². The molecule has 138 valence electrons. The van der Waals surface area contributed by atoms with E-state index in [4.69, 9.17) is 4.74 Å². The first-order valence-electron chi connectivity index (χ1n) is 8.22. The Bertz CT molecular complexity index is 633. The second-order valence-electron chi connectivity index (χ2n) is 5.34. The molecule has 7 heteroatoms. The topological polar surface area (TPSA) is 58.5 Å². The summed E-state index contributed by atoms with van der Waals surface area (Å²) in [7, 11) is 3.50. The van der Waals surface area contributed by atoms with Crippen LogP contribution in [0.15, 0.2) is 41.5 Å². The highest BCUT2D eigenvalue weighted by molar-refractivity contribution is 14.0. The van der Waals surface area contributed by atoms with E-state index < -0.39 is 0 Å². The fraction of sp³-hybridized carbons (Fsp3) is 0.444. The van der Waals surface area contributed by atoms with E-state index in [1.54, 1.807) is 25.5 Å². The van der Waals surface area contributed by atoms with Crippen LogP contribution in [0.5, 0.6) is 0 Å². The van der Waals surface area contributed by atoms with Gasteiger partial charge in [-0.05, 0) is 12.0 Å². The van der Waals surface area contributed by atoms with Gasteiger partial charge in [-0.25, -0.2) is 4.98 Å². The molecule has 25 heavy (non-hydrogen) atoms. The van der Waals surface area contributed by atoms with Crippen molar-refractivity contribution in [3.8, 4) is 0 Å². The molecule has 0 amide bonds. The summed E-state index contributed by atoms with van der Waals surface area (Å²) < 4.78 is 5.57. The zero-order valence-electron chi connectivity index (χ0n) is 15.0. The number of aliphatic imine (C=N–C) groups is 1. The van der Waals surface area contributed by atoms with Crippen LogP contribution in [0.1, 0.15) is 28.5 Å². The number of halogens is 1. The van der Waals surface area contributed by atoms with E-state index in [0.29, 0.717) is 6.54 Å². The Labute approximate surface area is 171 Å². The lowest BCUT2D eigenvalue weighted by molar-refractivity contribution is 0.106. The maximum Gasteiger partial charge on any atom is 0.191 e. The van der Waals surface area contributed by atoms with Crippen molar-refractivity contribution in [3.05, 3.63) is 52.0 Å². The molecule has 0 aliphatic rings. The van der Waals surface area contributed by atoms with Crippen LogP contribution in [0.4, 0.5) is 0 Å². The smallest absolute Gasteiger partial charge is 0.191 e. The molecule has 2 rings (SSSR count). The van der Waals surface area contributed by atoms with Gasteiger partial charge in [0.2, 0.25) is 0 Å². The molecule has 0 radical (unpaired) electrons. The lowest BCUT2D eigenvalue weighted by Gasteiger charge is -2.18. The number of guanidine groups is 1. The minimum absolute atomic E-state index is 0. The van der Waals surface area contributed by atoms with Crippen LogP contribution >= 0.6 is 35.3 Å². The Morgan fingerprint density at radius 3 is 2.64 bits per heavy atom. The van der Waals surface area contributed by atoms with E-state index in [9.17, 15) is 0 Å². The predicted octanol–water partition coefficient (Wildman–Crippen LogP) is 3.42. The summed E-state index contributed by atoms with van der Waals surface area (Å²) in [4.78, 5) is 10.0. The first-order chi connectivity index (χ1) is 11.8. The van der Waals surface area contributed by atoms with Gasteiger partial charge in [0.15, 0.2) is 5.96 Å². The number of rotatable bonds is 8. The van der Waals surface area contributed by atoms with Gasteiger partial charge in [0.05, 0.1) is 11.1 Å². The Morgan fingerprint density at radius 2 is 2.04 bits per heavy atom. The number of aromatic nitrogens is 1. The maximum atomic E-state index is 5.57. The van der Waals surface area contributed by atoms with E-state index in [1.165, 1.54) is 4.88 Å². The van der Waals surface area contributed by atoms with E-state index in [0.717, 1.165) is 35.9 Å². The Kier molecular flexibility index (Phi) is 10.7. The predicted molar refractivity (Wildman–Crippen MR) is 116 cm³/mol. The number of thiazole rings is 1. The Balaban J connectivity index is 0.00000312. The van der Waals surface area contributed by atoms with Gasteiger partial charge < -0.3 is 15.4 Å². The molecule has 5 nitrogen and oxygen atoms in total. The van der Waals surface area contributed by atoms with Crippen molar-refractivity contribution >= 4 is 41.3 Å². The van der Waals surface area contributed by atoms with Gasteiger partial charge in [0.1, 0.15) is 0 Å². The largest absolute Gasteiger partial charge is 0.375 e. The lowest BCUT2D eigenvalue weighted by atomic mass is 10.1. The highest BCUT2D eigenvalue weighted by atomic mass is 127. The monoisotopic (exact) mass is 474 g/mol. The molecule has 0 saturated carbocycles. The first kappa shape index (κ1) is 21.9. The third-order valence-corrected chi connectivity index (χ3v) is 4.92. The highest BCUT2D eigenvalue weighted by Crippen LogP contribution is 2.15. The average molecular weight is 474 g/mol. The number of nitrogens with one attached hydrogen (secondary N) is 2. The first-order valence-corrected chi connectivity index (χ1v) is 9.04. The average Bonchev–Trinajstić information content (AvgIpc) is 3.09. The summed E-state index contributed by atoms with van der Waals surface area (Å²) in [5.74, 6) is 0.778. The number of hydrogen-bond acceptors (Lipinski definition) is 4. The van der Waals surface area contributed by atoms with Gasteiger partial charge in [-0.15, -0.1) is 35.3 Å². The van der Waals surface area contributed by atoms with E-state index in [-0.39, 0.29) is 30.1 Å². The SMILES string of the molecule is CCc1cnc(CCNC(=NC)NCC(OC)c2ccccc2)s1.I. The van der Waals surface area contributed by atoms with Crippen LogP contribution in [0.2, 0.25) is 0 Å². The summed E-state index contributed by atoms with van der Waals surface area (Å²) in [6, 6.07) is 10.2. The number of hydrogen-bond donors (Lipinski definition) is 2. The summed E-state index contributed by atoms with van der Waals surface area (Å²) in [5, 5.41) is 7.81. The Morgan fingerprint density at radius 1 is 1.28 bits per heavy atom. The van der Waals surface area contributed by atoms with Crippen molar-refractivity contribution in [2.45, 2.75) is 25.9 Å². The number of benzene rings is 1. The van der Waals surface area contributed by atoms with Crippen molar-refractivity contribution in [1.82, 2.24) is 15.6 Å². The minimum atomic E-state index is -0.00387. The lowest BCUT2D eigenvalue weighted by Crippen LogP contribution is -2.40. The fourth-order valence-corrected chi connectivity index (χ4v) is 3.19. The zero-order chi connectivity index (χ0) is 17.2. The number of aryl methyl sites for hydroxylation is 1. The molecule has 0 aliphatic heterocycles. The van der Waals surface area contributed by atoms with Gasteiger partial charge in [-0.3, -0.25) is 4.99 Å². The quantitative estimate of drug-likeness (QED) is 0.350. The van der Waals surface area contributed by atoms with E-state index >= 15 is 0 Å². The molecule has 0 spiro atoms. The summed E-state index contributed by atoms with van der Waals surface area (Å²) in [6.07, 6.45) is 3.91. The number of ether oxygens (including phenoxy) is 1. The van der Waals surface area contributed by atoms with E-state index in [1.807, 2.05) is 24.4 Å². The van der Waals surface area contributed by atoms with Gasteiger partial charge in [0, 0.05) is 44.7 Å². The van der Waals surface area contributed by atoms with Crippen molar-refractivity contribution in [2.75, 3.05) is 27.2 Å². The van der Waals surface area contributed by atoms with Crippen molar-refractivity contribution in [1.29, 1.82) is 0 Å². The maximum absolute atomic E-state index is 5.57. The number of nitrogens with zero attached hydrogens (tertiary/aromatic N) is 2. The van der Waals surface area contributed by atoms with Gasteiger partial charge in [0.25, 0.3) is 0 Å². The molecule has 1 atom stereocenters. The molecular weight excluding hydrogens is 447 g/mol. The summed E-state index contributed by atoms with van der Waals surface area (Å²) in [5.41, 5.74) is 1.15. The Hall–Kier alpha value is -1.19. The normalized spacial score (nSPS) is 12.4. The van der Waals surface area contributed by atoms with Crippen LogP contribution in [0, 0.1) is 0 Å². The molecule has 0 fully saturated rings. The summed E-state index contributed by atoms with van der Waals surface area (Å²) in [6.45, 7) is 3.62. The van der Waals surface area contributed by atoms with Crippen LogP contribution < -0.4 is 10.6 Å². The van der Waals surface area contributed by atoms with Crippen molar-refractivity contribution < 1.29 is 4.74 Å².